The van der Waals surface area contributed by atoms with Gasteiger partial charge in [0.1, 0.15) is 5.78 Å². The van der Waals surface area contributed by atoms with E-state index >= 15 is 0 Å². The van der Waals surface area contributed by atoms with Crippen molar-refractivity contribution in [2.24, 2.45) is 17.3 Å². The molecule has 2 saturated carbocycles. The molecule has 0 saturated heterocycles. The summed E-state index contributed by atoms with van der Waals surface area (Å²) in [7, 11) is 0. The van der Waals surface area contributed by atoms with Crippen LogP contribution in [-0.2, 0) is 9.59 Å². The van der Waals surface area contributed by atoms with Crippen molar-refractivity contribution >= 4 is 11.6 Å². The average molecular weight is 285 g/mol. The lowest BCUT2D eigenvalue weighted by atomic mass is 9.57. The van der Waals surface area contributed by atoms with Crippen molar-refractivity contribution in [3.8, 4) is 6.07 Å². The summed E-state index contributed by atoms with van der Waals surface area (Å²) in [5.74, 6) is 1.59. The fourth-order valence-electron chi connectivity index (χ4n) is 5.20. The third-order valence-corrected chi connectivity index (χ3v) is 6.25. The maximum Gasteiger partial charge on any atom is 0.158 e. The van der Waals surface area contributed by atoms with E-state index in [1.54, 1.807) is 0 Å². The minimum absolute atomic E-state index is 0.102. The molecule has 3 aliphatic rings. The number of ketones is 2. The Morgan fingerprint density at radius 2 is 2.05 bits per heavy atom. The molecule has 3 nitrogen and oxygen atoms in total. The number of Topliss-reactive ketones (excluding diaryl/α,β-unsaturated/α-hetero) is 2. The van der Waals surface area contributed by atoms with E-state index in [0.29, 0.717) is 36.9 Å². The fraction of sp³-hybridized carbons (Fsp3) is 0.722. The lowest BCUT2D eigenvalue weighted by Gasteiger charge is -2.46. The van der Waals surface area contributed by atoms with Crippen molar-refractivity contribution in [3.05, 3.63) is 11.1 Å². The highest BCUT2D eigenvalue weighted by molar-refractivity contribution is 5.97. The molecule has 0 amide bonds. The van der Waals surface area contributed by atoms with Crippen LogP contribution in [-0.4, -0.2) is 11.6 Å². The quantitative estimate of drug-likeness (QED) is 0.793. The van der Waals surface area contributed by atoms with E-state index in [4.69, 9.17) is 5.26 Å². The molecule has 3 heteroatoms. The summed E-state index contributed by atoms with van der Waals surface area (Å²) >= 11 is 0. The van der Waals surface area contributed by atoms with Crippen molar-refractivity contribution in [2.75, 3.05) is 0 Å². The molecule has 21 heavy (non-hydrogen) atoms. The predicted octanol–water partition coefficient (Wildman–Crippen LogP) is 3.74. The van der Waals surface area contributed by atoms with Crippen LogP contribution in [0.3, 0.4) is 0 Å². The number of carbonyl (C=O) groups excluding carboxylic acids is 2. The van der Waals surface area contributed by atoms with Gasteiger partial charge in [0.2, 0.25) is 0 Å². The molecule has 0 bridgehead atoms. The third-order valence-electron chi connectivity index (χ3n) is 6.25. The second-order valence-electron chi connectivity index (χ2n) is 6.81. The van der Waals surface area contributed by atoms with Crippen molar-refractivity contribution in [1.82, 2.24) is 0 Å². The van der Waals surface area contributed by atoms with Gasteiger partial charge in [-0.2, -0.15) is 5.26 Å². The summed E-state index contributed by atoms with van der Waals surface area (Å²) < 4.78 is 0. The van der Waals surface area contributed by atoms with Crippen LogP contribution in [0.4, 0.5) is 0 Å². The zero-order chi connectivity index (χ0) is 15.0. The largest absolute Gasteiger partial charge is 0.299 e. The molecule has 3 aliphatic carbocycles. The number of rotatable bonds is 3. The number of hydrogen-bond acceptors (Lipinski definition) is 3. The molecular weight excluding hydrogens is 262 g/mol. The van der Waals surface area contributed by atoms with Crippen LogP contribution in [0.5, 0.6) is 0 Å². The number of nitrogens with zero attached hydrogens (tertiary/aromatic N) is 1. The second-order valence-corrected chi connectivity index (χ2v) is 6.81. The highest BCUT2D eigenvalue weighted by atomic mass is 16.1. The first-order valence-corrected chi connectivity index (χ1v) is 8.29. The maximum atomic E-state index is 12.4. The number of nitriles is 1. The normalized spacial score (nSPS) is 35.4. The molecule has 0 radical (unpaired) electrons. The first kappa shape index (κ1) is 14.5. The summed E-state index contributed by atoms with van der Waals surface area (Å²) in [6, 6.07) is 2.16. The Morgan fingerprint density at radius 1 is 1.24 bits per heavy atom. The van der Waals surface area contributed by atoms with Crippen LogP contribution in [0.1, 0.15) is 64.7 Å². The standard InChI is InChI=1S/C18H23NO2/c1-2-18-10-9-12-13(15(18)6-8-17(18)21)5-7-16(20)14(12)4-3-11-19/h13,15H,2-10H2,1H3. The van der Waals surface area contributed by atoms with E-state index in [2.05, 4.69) is 13.0 Å². The Morgan fingerprint density at radius 3 is 2.76 bits per heavy atom. The Balaban J connectivity index is 1.97. The molecule has 3 atom stereocenters. The molecule has 0 N–H and O–H groups in total. The third kappa shape index (κ3) is 2.08. The van der Waals surface area contributed by atoms with E-state index in [1.807, 2.05) is 0 Å². The maximum absolute atomic E-state index is 12.4. The number of allylic oxidation sites excluding steroid dienone is 2. The molecule has 0 aromatic rings. The van der Waals surface area contributed by atoms with Gasteiger partial charge in [0.25, 0.3) is 0 Å². The first-order chi connectivity index (χ1) is 10.1. The zero-order valence-corrected chi connectivity index (χ0v) is 12.8. The van der Waals surface area contributed by atoms with Gasteiger partial charge in [0.05, 0.1) is 6.07 Å². The average Bonchev–Trinajstić information content (AvgIpc) is 2.84. The van der Waals surface area contributed by atoms with Crippen molar-refractivity contribution < 1.29 is 9.59 Å². The number of fused-ring (bicyclic) bond motifs is 3. The summed E-state index contributed by atoms with van der Waals surface area (Å²) in [6.45, 7) is 2.15. The zero-order valence-electron chi connectivity index (χ0n) is 12.8. The van der Waals surface area contributed by atoms with E-state index in [0.717, 1.165) is 44.1 Å². The van der Waals surface area contributed by atoms with Gasteiger partial charge in [-0.25, -0.2) is 0 Å². The Labute approximate surface area is 126 Å². The molecule has 0 spiro atoms. The monoisotopic (exact) mass is 285 g/mol. The molecule has 0 aromatic carbocycles. The van der Waals surface area contributed by atoms with Gasteiger partial charge < -0.3 is 0 Å². The van der Waals surface area contributed by atoms with E-state index in [-0.39, 0.29) is 11.2 Å². The Hall–Kier alpha value is -1.43. The van der Waals surface area contributed by atoms with Crippen LogP contribution >= 0.6 is 0 Å². The minimum atomic E-state index is -0.102. The lowest BCUT2D eigenvalue weighted by Crippen LogP contribution is -2.42. The van der Waals surface area contributed by atoms with Crippen LogP contribution in [0.25, 0.3) is 0 Å². The van der Waals surface area contributed by atoms with Crippen LogP contribution in [0.2, 0.25) is 0 Å². The topological polar surface area (TPSA) is 57.9 Å². The fourth-order valence-corrected chi connectivity index (χ4v) is 5.20. The minimum Gasteiger partial charge on any atom is -0.299 e. The van der Waals surface area contributed by atoms with Crippen LogP contribution < -0.4 is 0 Å². The summed E-state index contributed by atoms with van der Waals surface area (Å²) in [4.78, 5) is 24.7. The Kier molecular flexibility index (Phi) is 3.73. The van der Waals surface area contributed by atoms with Gasteiger partial charge in [-0.05, 0) is 55.9 Å². The van der Waals surface area contributed by atoms with Crippen molar-refractivity contribution in [3.63, 3.8) is 0 Å². The SMILES string of the molecule is CCC12CCC3=C(CCC#N)C(=O)CCC3C1CCC2=O. The molecular formula is C18H23NO2. The van der Waals surface area contributed by atoms with Gasteiger partial charge in [-0.1, -0.05) is 12.5 Å². The molecule has 2 fully saturated rings. The Bertz CT molecular complexity index is 554. The number of hydrogen-bond donors (Lipinski definition) is 0. The highest BCUT2D eigenvalue weighted by Crippen LogP contribution is 2.58. The van der Waals surface area contributed by atoms with Gasteiger partial charge in [0.15, 0.2) is 5.78 Å². The van der Waals surface area contributed by atoms with Crippen molar-refractivity contribution in [2.45, 2.75) is 64.7 Å². The van der Waals surface area contributed by atoms with Gasteiger partial charge >= 0.3 is 0 Å². The molecule has 112 valence electrons. The predicted molar refractivity (Wildman–Crippen MR) is 79.3 cm³/mol. The summed E-state index contributed by atoms with van der Waals surface area (Å²) in [6.07, 6.45) is 7.06. The summed E-state index contributed by atoms with van der Waals surface area (Å²) in [5.41, 5.74) is 2.15. The van der Waals surface area contributed by atoms with Crippen molar-refractivity contribution in [1.29, 1.82) is 5.26 Å². The molecule has 0 heterocycles. The van der Waals surface area contributed by atoms with Crippen LogP contribution in [0.15, 0.2) is 11.1 Å². The van der Waals surface area contributed by atoms with Gasteiger partial charge in [0, 0.05) is 24.7 Å². The molecule has 3 unspecified atom stereocenters. The van der Waals surface area contributed by atoms with Crippen LogP contribution in [0, 0.1) is 28.6 Å². The van der Waals surface area contributed by atoms with Gasteiger partial charge in [-0.3, -0.25) is 9.59 Å². The number of carbonyl (C=O) groups is 2. The van der Waals surface area contributed by atoms with Gasteiger partial charge in [-0.15, -0.1) is 0 Å². The first-order valence-electron chi connectivity index (χ1n) is 8.29. The van der Waals surface area contributed by atoms with E-state index < -0.39 is 0 Å². The molecule has 0 aliphatic heterocycles. The lowest BCUT2D eigenvalue weighted by molar-refractivity contribution is -0.129. The highest BCUT2D eigenvalue weighted by Gasteiger charge is 2.55. The molecule has 0 aromatic heterocycles. The second kappa shape index (κ2) is 5.40. The van der Waals surface area contributed by atoms with E-state index in [9.17, 15) is 9.59 Å². The molecule has 3 rings (SSSR count). The smallest absolute Gasteiger partial charge is 0.158 e. The van der Waals surface area contributed by atoms with E-state index in [1.165, 1.54) is 5.57 Å². The summed E-state index contributed by atoms with van der Waals surface area (Å²) in [5, 5.41) is 8.81.